The Morgan fingerprint density at radius 3 is 2.59 bits per heavy atom. The number of nitrogens with zero attached hydrogens (tertiary/aromatic N) is 1. The van der Waals surface area contributed by atoms with E-state index in [-0.39, 0.29) is 11.7 Å². The number of phenols is 1. The Hall–Kier alpha value is -3.57. The lowest BCUT2D eigenvalue weighted by Gasteiger charge is -2.19. The van der Waals surface area contributed by atoms with Crippen LogP contribution in [0.4, 0.5) is 0 Å². The molecule has 1 aliphatic heterocycles. The van der Waals surface area contributed by atoms with Crippen molar-refractivity contribution < 1.29 is 14.3 Å². The van der Waals surface area contributed by atoms with Crippen LogP contribution >= 0.6 is 0 Å². The summed E-state index contributed by atoms with van der Waals surface area (Å²) in [5.74, 6) is 1.21. The van der Waals surface area contributed by atoms with Gasteiger partial charge in [-0.2, -0.15) is 0 Å². The first-order chi connectivity index (χ1) is 18.1. The minimum absolute atomic E-state index is 0.0707. The predicted octanol–water partition coefficient (Wildman–Crippen LogP) is 6.49. The summed E-state index contributed by atoms with van der Waals surface area (Å²) in [6.07, 6.45) is 15.9. The second kappa shape index (κ2) is 11.7. The molecule has 1 fully saturated rings. The summed E-state index contributed by atoms with van der Waals surface area (Å²) in [5, 5.41) is 10.8. The molecule has 1 saturated heterocycles. The second-order valence-corrected chi connectivity index (χ2v) is 10.1. The average molecular weight is 498 g/mol. The number of phenolic OH excluding ortho intramolecular Hbond substituents is 1. The summed E-state index contributed by atoms with van der Waals surface area (Å²) < 4.78 is 11.7. The molecule has 0 spiro atoms. The number of fused-ring (bicyclic) bond motifs is 1. The maximum atomic E-state index is 13.2. The number of hydrogen-bond acceptors (Lipinski definition) is 5. The predicted molar refractivity (Wildman–Crippen MR) is 149 cm³/mol. The average Bonchev–Trinajstić information content (AvgIpc) is 3.27. The summed E-state index contributed by atoms with van der Waals surface area (Å²) in [5.41, 5.74) is 3.33. The Labute approximate surface area is 218 Å². The molecule has 0 saturated carbocycles. The fourth-order valence-electron chi connectivity index (χ4n) is 5.17. The van der Waals surface area contributed by atoms with Crippen molar-refractivity contribution in [2.24, 2.45) is 5.92 Å². The van der Waals surface area contributed by atoms with E-state index >= 15 is 0 Å². The number of hydrogen-bond donors (Lipinski definition) is 1. The maximum Gasteiger partial charge on any atom is 0.344 e. The van der Waals surface area contributed by atoms with Crippen LogP contribution < -0.4 is 10.4 Å². The van der Waals surface area contributed by atoms with Crippen molar-refractivity contribution in [3.63, 3.8) is 0 Å². The zero-order valence-corrected chi connectivity index (χ0v) is 21.5. The molecule has 0 bridgehead atoms. The summed E-state index contributed by atoms with van der Waals surface area (Å²) in [4.78, 5) is 15.7. The van der Waals surface area contributed by atoms with E-state index < -0.39 is 5.63 Å². The van der Waals surface area contributed by atoms with E-state index in [2.05, 4.69) is 36.1 Å². The first-order valence-electron chi connectivity index (χ1n) is 13.4. The second-order valence-electron chi connectivity index (χ2n) is 10.1. The molecule has 0 amide bonds. The number of benzene rings is 2. The van der Waals surface area contributed by atoms with Crippen LogP contribution in [0.1, 0.15) is 49.3 Å². The Bertz CT molecular complexity index is 1370. The van der Waals surface area contributed by atoms with Crippen molar-refractivity contribution >= 4 is 16.5 Å². The Kier molecular flexibility index (Phi) is 7.90. The third kappa shape index (κ3) is 6.23. The fourth-order valence-corrected chi connectivity index (χ4v) is 5.17. The molecule has 1 aliphatic carbocycles. The van der Waals surface area contributed by atoms with Gasteiger partial charge in [0.1, 0.15) is 23.7 Å². The first-order valence-corrected chi connectivity index (χ1v) is 13.4. The van der Waals surface area contributed by atoms with Crippen LogP contribution in [-0.2, 0) is 6.42 Å². The van der Waals surface area contributed by atoms with E-state index in [4.69, 9.17) is 9.15 Å². The van der Waals surface area contributed by atoms with Crippen molar-refractivity contribution in [3.05, 3.63) is 100.0 Å². The van der Waals surface area contributed by atoms with Gasteiger partial charge < -0.3 is 14.3 Å². The molecule has 1 unspecified atom stereocenters. The summed E-state index contributed by atoms with van der Waals surface area (Å²) in [6, 6.07) is 13.1. The number of ether oxygens (including phenoxy) is 1. The number of rotatable bonds is 7. The summed E-state index contributed by atoms with van der Waals surface area (Å²) >= 11 is 0. The van der Waals surface area contributed by atoms with Gasteiger partial charge in [0.2, 0.25) is 0 Å². The molecule has 1 aromatic heterocycles. The largest absolute Gasteiger partial charge is 0.508 e. The highest BCUT2D eigenvalue weighted by molar-refractivity contribution is 5.89. The molecule has 192 valence electrons. The minimum Gasteiger partial charge on any atom is -0.508 e. The van der Waals surface area contributed by atoms with Gasteiger partial charge in [-0.25, -0.2) is 4.79 Å². The molecule has 5 heteroatoms. The van der Waals surface area contributed by atoms with Gasteiger partial charge in [-0.3, -0.25) is 4.90 Å². The van der Waals surface area contributed by atoms with Gasteiger partial charge >= 0.3 is 5.63 Å². The topological polar surface area (TPSA) is 62.9 Å². The van der Waals surface area contributed by atoms with E-state index in [1.807, 2.05) is 36.4 Å². The van der Waals surface area contributed by atoms with E-state index in [1.165, 1.54) is 44.8 Å². The lowest BCUT2D eigenvalue weighted by molar-refractivity contribution is 0.214. The van der Waals surface area contributed by atoms with Crippen LogP contribution in [0.25, 0.3) is 16.5 Å². The van der Waals surface area contributed by atoms with Gasteiger partial charge in [0.25, 0.3) is 0 Å². The van der Waals surface area contributed by atoms with Crippen LogP contribution in [-0.4, -0.2) is 36.2 Å². The van der Waals surface area contributed by atoms with Gasteiger partial charge in [-0.05, 0) is 79.2 Å². The molecule has 2 heterocycles. The van der Waals surface area contributed by atoms with Gasteiger partial charge in [-0.15, -0.1) is 0 Å². The highest BCUT2D eigenvalue weighted by Gasteiger charge is 2.18. The Balaban J connectivity index is 1.39. The standard InChI is InChI=1S/C32H35NO4/c1-23-7-6-8-25(12-9-23)31-29(28-16-13-26(34)22-30(28)37-32(31)35)21-24-10-14-27(15-11-24)36-20-19-33-17-4-2-3-5-18-33/h6-16,22-23,34H,2-5,17-21H2,1H3. The van der Waals surface area contributed by atoms with Crippen molar-refractivity contribution in [3.8, 4) is 11.5 Å². The third-order valence-electron chi connectivity index (χ3n) is 7.24. The SMILES string of the molecule is CC1C=CC=C(c2c(Cc3ccc(OCCN4CCCCCC4)cc3)c3ccc(O)cc3oc2=O)C=C1. The van der Waals surface area contributed by atoms with Crippen LogP contribution in [0.15, 0.2) is 82.1 Å². The van der Waals surface area contributed by atoms with Crippen molar-refractivity contribution in [2.45, 2.75) is 39.0 Å². The molecular weight excluding hydrogens is 462 g/mol. The monoisotopic (exact) mass is 497 g/mol. The number of allylic oxidation sites excluding steroid dienone is 6. The highest BCUT2D eigenvalue weighted by atomic mass is 16.5. The van der Waals surface area contributed by atoms with E-state index in [1.54, 1.807) is 6.07 Å². The minimum atomic E-state index is -0.402. The molecule has 1 atom stereocenters. The molecule has 5 nitrogen and oxygen atoms in total. The van der Waals surface area contributed by atoms with Crippen LogP contribution in [0.3, 0.4) is 0 Å². The zero-order chi connectivity index (χ0) is 25.6. The molecule has 1 N–H and O–H groups in total. The molecule has 37 heavy (non-hydrogen) atoms. The fraction of sp³-hybridized carbons (Fsp3) is 0.344. The number of likely N-dealkylation sites (tertiary alicyclic amines) is 1. The molecule has 2 aromatic carbocycles. The van der Waals surface area contributed by atoms with Gasteiger partial charge in [0.15, 0.2) is 0 Å². The van der Waals surface area contributed by atoms with Crippen molar-refractivity contribution in [1.29, 1.82) is 0 Å². The first kappa shape index (κ1) is 25.1. The summed E-state index contributed by atoms with van der Waals surface area (Å²) in [6.45, 7) is 6.08. The third-order valence-corrected chi connectivity index (χ3v) is 7.24. The lowest BCUT2D eigenvalue weighted by Crippen LogP contribution is -2.29. The highest BCUT2D eigenvalue weighted by Crippen LogP contribution is 2.31. The molecular formula is C32H35NO4. The number of aromatic hydroxyl groups is 1. The quantitative estimate of drug-likeness (QED) is 0.378. The molecule has 0 radical (unpaired) electrons. The van der Waals surface area contributed by atoms with E-state index in [0.29, 0.717) is 24.2 Å². The molecule has 2 aliphatic rings. The van der Waals surface area contributed by atoms with Crippen LogP contribution in [0.2, 0.25) is 0 Å². The van der Waals surface area contributed by atoms with Gasteiger partial charge in [0.05, 0.1) is 5.56 Å². The van der Waals surface area contributed by atoms with Crippen molar-refractivity contribution in [1.82, 2.24) is 4.90 Å². The smallest absolute Gasteiger partial charge is 0.344 e. The van der Waals surface area contributed by atoms with Gasteiger partial charge in [-0.1, -0.05) is 62.3 Å². The van der Waals surface area contributed by atoms with Crippen LogP contribution in [0.5, 0.6) is 11.5 Å². The normalized spacial score (nSPS) is 18.4. The maximum absolute atomic E-state index is 13.2. The Morgan fingerprint density at radius 1 is 1.03 bits per heavy atom. The lowest BCUT2D eigenvalue weighted by atomic mass is 9.93. The van der Waals surface area contributed by atoms with Crippen molar-refractivity contribution in [2.75, 3.05) is 26.2 Å². The molecule has 5 rings (SSSR count). The summed E-state index contributed by atoms with van der Waals surface area (Å²) in [7, 11) is 0. The van der Waals surface area contributed by atoms with E-state index in [0.717, 1.165) is 34.4 Å². The molecule has 3 aromatic rings. The van der Waals surface area contributed by atoms with Crippen LogP contribution in [0, 0.1) is 5.92 Å². The zero-order valence-electron chi connectivity index (χ0n) is 21.5. The van der Waals surface area contributed by atoms with Gasteiger partial charge in [0, 0.05) is 18.0 Å². The van der Waals surface area contributed by atoms with E-state index in [9.17, 15) is 9.90 Å². The Morgan fingerprint density at radius 2 is 1.81 bits per heavy atom.